The minimum absolute atomic E-state index is 0.383. The van der Waals surface area contributed by atoms with E-state index < -0.39 is 0 Å². The fourth-order valence-electron chi connectivity index (χ4n) is 0.961. The molecule has 1 N–H and O–H groups in total. The quantitative estimate of drug-likeness (QED) is 0.849. The van der Waals surface area contributed by atoms with Crippen LogP contribution in [-0.2, 0) is 6.42 Å². The third-order valence-electron chi connectivity index (χ3n) is 1.78. The molecule has 1 aromatic rings. The Bertz CT molecular complexity index is 291. The fraction of sp³-hybridized carbons (Fsp3) is 0.444. The predicted octanol–water partition coefficient (Wildman–Crippen LogP) is 2.70. The average molecular weight is 220 g/mol. The van der Waals surface area contributed by atoms with Gasteiger partial charge in [-0.15, -0.1) is 0 Å². The number of rotatable bonds is 3. The minimum Gasteiger partial charge on any atom is -0.393 e. The molecule has 1 heterocycles. The van der Waals surface area contributed by atoms with Gasteiger partial charge in [-0.25, -0.2) is 0 Å². The van der Waals surface area contributed by atoms with Crippen LogP contribution in [-0.4, -0.2) is 16.2 Å². The molecule has 0 saturated heterocycles. The van der Waals surface area contributed by atoms with Crippen molar-refractivity contribution in [2.45, 2.75) is 25.9 Å². The summed E-state index contributed by atoms with van der Waals surface area (Å²) in [6.07, 6.45) is 2.32. The van der Waals surface area contributed by atoms with Gasteiger partial charge in [0.05, 0.1) is 21.8 Å². The Hall–Kier alpha value is -0.310. The number of halogens is 2. The molecule has 0 bridgehead atoms. The number of nitrogens with zero attached hydrogens (tertiary/aromatic N) is 1. The summed E-state index contributed by atoms with van der Waals surface area (Å²) in [6.45, 7) is 1.91. The van der Waals surface area contributed by atoms with Crippen LogP contribution >= 0.6 is 23.2 Å². The van der Waals surface area contributed by atoms with Crippen LogP contribution in [0.25, 0.3) is 0 Å². The lowest BCUT2D eigenvalue weighted by atomic mass is 10.1. The molecule has 0 amide bonds. The van der Waals surface area contributed by atoms with Gasteiger partial charge in [0.25, 0.3) is 0 Å². The lowest BCUT2D eigenvalue weighted by Crippen LogP contribution is -2.09. The van der Waals surface area contributed by atoms with Gasteiger partial charge >= 0.3 is 0 Å². The van der Waals surface area contributed by atoms with Crippen LogP contribution in [0.4, 0.5) is 0 Å². The number of hydrogen-bond donors (Lipinski definition) is 1. The van der Waals surface area contributed by atoms with Crippen molar-refractivity contribution in [3.63, 3.8) is 0 Å². The van der Waals surface area contributed by atoms with Gasteiger partial charge in [-0.2, -0.15) is 0 Å². The fourth-order valence-corrected chi connectivity index (χ4v) is 1.42. The van der Waals surface area contributed by atoms with Crippen molar-refractivity contribution in [3.8, 4) is 0 Å². The molecule has 72 valence electrons. The molecule has 0 saturated carbocycles. The van der Waals surface area contributed by atoms with Gasteiger partial charge in [0.15, 0.2) is 0 Å². The first kappa shape index (κ1) is 10.8. The summed E-state index contributed by atoms with van der Waals surface area (Å²) < 4.78 is 0. The van der Waals surface area contributed by atoms with Crippen molar-refractivity contribution < 1.29 is 5.11 Å². The van der Waals surface area contributed by atoms with Crippen molar-refractivity contribution in [2.24, 2.45) is 0 Å². The summed E-state index contributed by atoms with van der Waals surface area (Å²) in [7, 11) is 0. The number of aromatic nitrogens is 1. The standard InChI is InChI=1S/C9H11Cl2NO/c1-2-7(13)4-9-8(11)3-6(10)5-12-9/h3,5,7,13H,2,4H2,1H3. The molecular formula is C9H11Cl2NO. The van der Waals surface area contributed by atoms with Gasteiger partial charge in [0.1, 0.15) is 0 Å². The van der Waals surface area contributed by atoms with E-state index in [2.05, 4.69) is 4.98 Å². The van der Waals surface area contributed by atoms with E-state index in [4.69, 9.17) is 23.2 Å². The summed E-state index contributed by atoms with van der Waals surface area (Å²) in [6, 6.07) is 1.63. The van der Waals surface area contributed by atoms with Gasteiger partial charge in [-0.05, 0) is 12.5 Å². The second kappa shape index (κ2) is 4.80. The molecule has 1 aromatic heterocycles. The zero-order valence-corrected chi connectivity index (χ0v) is 8.81. The van der Waals surface area contributed by atoms with E-state index in [1.807, 2.05) is 6.92 Å². The van der Waals surface area contributed by atoms with Crippen molar-refractivity contribution in [1.82, 2.24) is 4.98 Å². The van der Waals surface area contributed by atoms with Crippen LogP contribution in [0.3, 0.4) is 0 Å². The van der Waals surface area contributed by atoms with E-state index in [-0.39, 0.29) is 6.10 Å². The van der Waals surface area contributed by atoms with Crippen molar-refractivity contribution in [2.75, 3.05) is 0 Å². The van der Waals surface area contributed by atoms with Gasteiger partial charge < -0.3 is 5.11 Å². The van der Waals surface area contributed by atoms with Gasteiger partial charge in [-0.3, -0.25) is 4.98 Å². The van der Waals surface area contributed by atoms with Crippen LogP contribution in [0.5, 0.6) is 0 Å². The maximum absolute atomic E-state index is 9.37. The Kier molecular flexibility index (Phi) is 3.97. The largest absolute Gasteiger partial charge is 0.393 e. The average Bonchev–Trinajstić information content (AvgIpc) is 2.09. The highest BCUT2D eigenvalue weighted by Crippen LogP contribution is 2.19. The molecule has 0 fully saturated rings. The Labute approximate surface area is 87.5 Å². The van der Waals surface area contributed by atoms with E-state index >= 15 is 0 Å². The third kappa shape index (κ3) is 3.14. The lowest BCUT2D eigenvalue weighted by molar-refractivity contribution is 0.169. The Morgan fingerprint density at radius 2 is 2.23 bits per heavy atom. The molecule has 0 aliphatic carbocycles. The Morgan fingerprint density at radius 1 is 1.54 bits per heavy atom. The monoisotopic (exact) mass is 219 g/mol. The first-order chi connectivity index (χ1) is 6.13. The smallest absolute Gasteiger partial charge is 0.0637 e. The highest BCUT2D eigenvalue weighted by atomic mass is 35.5. The molecule has 0 aliphatic rings. The zero-order valence-electron chi connectivity index (χ0n) is 7.30. The minimum atomic E-state index is -0.383. The molecule has 2 nitrogen and oxygen atoms in total. The van der Waals surface area contributed by atoms with Gasteiger partial charge in [0, 0.05) is 12.6 Å². The molecule has 1 atom stereocenters. The second-order valence-electron chi connectivity index (χ2n) is 2.85. The Morgan fingerprint density at radius 3 is 2.77 bits per heavy atom. The maximum Gasteiger partial charge on any atom is 0.0637 e. The van der Waals surface area contributed by atoms with E-state index in [1.165, 1.54) is 6.20 Å². The molecule has 0 aromatic carbocycles. The third-order valence-corrected chi connectivity index (χ3v) is 2.32. The molecule has 0 radical (unpaired) electrons. The number of pyridine rings is 1. The highest BCUT2D eigenvalue weighted by Gasteiger charge is 2.07. The SMILES string of the molecule is CCC(O)Cc1ncc(Cl)cc1Cl. The van der Waals surface area contributed by atoms with E-state index in [0.29, 0.717) is 28.6 Å². The molecule has 13 heavy (non-hydrogen) atoms. The highest BCUT2D eigenvalue weighted by molar-refractivity contribution is 6.34. The number of hydrogen-bond acceptors (Lipinski definition) is 2. The summed E-state index contributed by atoms with van der Waals surface area (Å²) in [5.74, 6) is 0. The Balaban J connectivity index is 2.77. The van der Waals surface area contributed by atoms with E-state index in [0.717, 1.165) is 0 Å². The van der Waals surface area contributed by atoms with Crippen LogP contribution in [0.15, 0.2) is 12.3 Å². The maximum atomic E-state index is 9.37. The van der Waals surface area contributed by atoms with Crippen LogP contribution < -0.4 is 0 Å². The normalized spacial score (nSPS) is 12.9. The molecular weight excluding hydrogens is 209 g/mol. The number of aliphatic hydroxyl groups is 1. The topological polar surface area (TPSA) is 33.1 Å². The summed E-state index contributed by atoms with van der Waals surface area (Å²) >= 11 is 11.6. The van der Waals surface area contributed by atoms with Crippen molar-refractivity contribution in [3.05, 3.63) is 28.0 Å². The lowest BCUT2D eigenvalue weighted by Gasteiger charge is -2.07. The van der Waals surface area contributed by atoms with Crippen LogP contribution in [0.2, 0.25) is 10.0 Å². The first-order valence-corrected chi connectivity index (χ1v) is 4.87. The second-order valence-corrected chi connectivity index (χ2v) is 3.69. The molecule has 1 unspecified atom stereocenters. The molecule has 4 heteroatoms. The van der Waals surface area contributed by atoms with E-state index in [9.17, 15) is 5.11 Å². The number of aliphatic hydroxyl groups excluding tert-OH is 1. The zero-order chi connectivity index (χ0) is 9.84. The van der Waals surface area contributed by atoms with Crippen LogP contribution in [0.1, 0.15) is 19.0 Å². The summed E-state index contributed by atoms with van der Waals surface area (Å²) in [4.78, 5) is 4.04. The molecule has 1 rings (SSSR count). The first-order valence-electron chi connectivity index (χ1n) is 4.11. The van der Waals surface area contributed by atoms with Crippen LogP contribution in [0, 0.1) is 0 Å². The summed E-state index contributed by atoms with van der Waals surface area (Å²) in [5, 5.41) is 10.4. The summed E-state index contributed by atoms with van der Waals surface area (Å²) in [5.41, 5.74) is 0.695. The van der Waals surface area contributed by atoms with Crippen molar-refractivity contribution >= 4 is 23.2 Å². The van der Waals surface area contributed by atoms with Gasteiger partial charge in [-0.1, -0.05) is 30.1 Å². The van der Waals surface area contributed by atoms with Gasteiger partial charge in [0.2, 0.25) is 0 Å². The molecule has 0 spiro atoms. The van der Waals surface area contributed by atoms with Crippen molar-refractivity contribution in [1.29, 1.82) is 0 Å². The molecule has 0 aliphatic heterocycles. The van der Waals surface area contributed by atoms with E-state index in [1.54, 1.807) is 6.07 Å². The predicted molar refractivity (Wildman–Crippen MR) is 54.3 cm³/mol.